The van der Waals surface area contributed by atoms with Crippen molar-refractivity contribution in [2.75, 3.05) is 0 Å². The predicted octanol–water partition coefficient (Wildman–Crippen LogP) is 12.9. The predicted molar refractivity (Wildman–Crippen MR) is 216 cm³/mol. The lowest BCUT2D eigenvalue weighted by Gasteiger charge is -2.13. The van der Waals surface area contributed by atoms with E-state index in [0.29, 0.717) is 17.5 Å². The molecule has 2 aromatic heterocycles. The third-order valence-electron chi connectivity index (χ3n) is 10.5. The number of benzene rings is 8. The highest BCUT2D eigenvalue weighted by atomic mass is 16.3. The van der Waals surface area contributed by atoms with Crippen molar-refractivity contribution in [3.05, 3.63) is 176 Å². The Kier molecular flexibility index (Phi) is 6.52. The van der Waals surface area contributed by atoms with Crippen LogP contribution in [0.15, 0.2) is 180 Å². The first-order valence-electron chi connectivity index (χ1n) is 17.9. The van der Waals surface area contributed by atoms with Gasteiger partial charge in [-0.2, -0.15) is 0 Å². The van der Waals surface area contributed by atoms with Crippen molar-refractivity contribution in [2.24, 2.45) is 0 Å². The highest BCUT2D eigenvalue weighted by molar-refractivity contribution is 6.16. The summed E-state index contributed by atoms with van der Waals surface area (Å²) >= 11 is 0. The minimum atomic E-state index is 0.597. The minimum absolute atomic E-state index is 0.597. The second-order valence-electron chi connectivity index (χ2n) is 13.5. The molecule has 1 aliphatic rings. The molecule has 0 amide bonds. The third-order valence-corrected chi connectivity index (χ3v) is 10.5. The molecule has 2 heterocycles. The van der Waals surface area contributed by atoms with Gasteiger partial charge in [-0.15, -0.1) is 0 Å². The molecule has 53 heavy (non-hydrogen) atoms. The van der Waals surface area contributed by atoms with Gasteiger partial charge < -0.3 is 4.42 Å². The van der Waals surface area contributed by atoms with Crippen LogP contribution in [0.4, 0.5) is 0 Å². The molecule has 0 saturated heterocycles. The van der Waals surface area contributed by atoms with Gasteiger partial charge in [0, 0.05) is 27.5 Å². The van der Waals surface area contributed by atoms with Crippen molar-refractivity contribution in [1.82, 2.24) is 15.0 Å². The van der Waals surface area contributed by atoms with Gasteiger partial charge in [-0.05, 0) is 79.5 Å². The van der Waals surface area contributed by atoms with Gasteiger partial charge in [-0.25, -0.2) is 15.0 Å². The molecule has 0 unspecified atom stereocenters. The molecule has 0 atom stereocenters. The fraction of sp³-hybridized carbons (Fsp3) is 0. The van der Waals surface area contributed by atoms with Gasteiger partial charge in [-0.3, -0.25) is 0 Å². The van der Waals surface area contributed by atoms with Gasteiger partial charge in [0.15, 0.2) is 17.5 Å². The van der Waals surface area contributed by atoms with Crippen molar-refractivity contribution >= 4 is 32.7 Å². The highest BCUT2D eigenvalue weighted by Crippen LogP contribution is 2.49. The molecule has 0 aliphatic heterocycles. The van der Waals surface area contributed by atoms with Gasteiger partial charge in [0.2, 0.25) is 0 Å². The standard InChI is InChI=1S/C49H29N3O/c1-3-12-30(13-4-1)33-24-27-40-44(29-33)53-43-23-11-22-41(46(40)43)49-51-47(32-14-5-2-6-15-32)50-48(52-49)39-19-8-7-18-35(39)34-25-26-36-37-20-9-16-31-17-10-21-38(45(31)37)42(36)28-34/h1-29H. The number of furan rings is 1. The Morgan fingerprint density at radius 3 is 1.70 bits per heavy atom. The summed E-state index contributed by atoms with van der Waals surface area (Å²) in [5.41, 5.74) is 13.9. The van der Waals surface area contributed by atoms with Crippen LogP contribution in [0.1, 0.15) is 0 Å². The molecule has 0 bridgehead atoms. The van der Waals surface area contributed by atoms with E-state index >= 15 is 0 Å². The Hall–Kier alpha value is -7.17. The Bertz CT molecular complexity index is 3050. The maximum absolute atomic E-state index is 6.49. The topological polar surface area (TPSA) is 51.8 Å². The molecule has 0 radical (unpaired) electrons. The average Bonchev–Trinajstić information content (AvgIpc) is 3.77. The summed E-state index contributed by atoms with van der Waals surface area (Å²) in [7, 11) is 0. The zero-order valence-electron chi connectivity index (χ0n) is 28.5. The second kappa shape index (κ2) is 11.7. The van der Waals surface area contributed by atoms with E-state index in [0.717, 1.165) is 60.9 Å². The second-order valence-corrected chi connectivity index (χ2v) is 13.5. The van der Waals surface area contributed by atoms with E-state index in [1.807, 2.05) is 48.5 Å². The van der Waals surface area contributed by atoms with Crippen LogP contribution in [0.25, 0.3) is 111 Å². The van der Waals surface area contributed by atoms with Crippen molar-refractivity contribution in [3.63, 3.8) is 0 Å². The first kappa shape index (κ1) is 29.5. The van der Waals surface area contributed by atoms with Gasteiger partial charge in [0.25, 0.3) is 0 Å². The smallest absolute Gasteiger partial charge is 0.164 e. The lowest BCUT2D eigenvalue weighted by Crippen LogP contribution is -2.01. The molecule has 4 nitrogen and oxygen atoms in total. The molecular weight excluding hydrogens is 647 g/mol. The normalized spacial score (nSPS) is 11.8. The third kappa shape index (κ3) is 4.73. The minimum Gasteiger partial charge on any atom is -0.456 e. The van der Waals surface area contributed by atoms with Crippen molar-refractivity contribution < 1.29 is 4.42 Å². The summed E-state index contributed by atoms with van der Waals surface area (Å²) in [6.07, 6.45) is 0. The van der Waals surface area contributed by atoms with Gasteiger partial charge >= 0.3 is 0 Å². The van der Waals surface area contributed by atoms with E-state index < -0.39 is 0 Å². The largest absolute Gasteiger partial charge is 0.456 e. The van der Waals surface area contributed by atoms with Crippen LogP contribution in [-0.4, -0.2) is 15.0 Å². The van der Waals surface area contributed by atoms with Crippen LogP contribution in [0.2, 0.25) is 0 Å². The van der Waals surface area contributed by atoms with E-state index in [2.05, 4.69) is 127 Å². The fourth-order valence-corrected chi connectivity index (χ4v) is 8.04. The molecule has 4 heteroatoms. The van der Waals surface area contributed by atoms with Gasteiger partial charge in [0.1, 0.15) is 11.2 Å². The summed E-state index contributed by atoms with van der Waals surface area (Å²) in [5, 5.41) is 4.59. The average molecular weight is 676 g/mol. The van der Waals surface area contributed by atoms with Gasteiger partial charge in [-0.1, -0.05) is 152 Å². The summed E-state index contributed by atoms with van der Waals surface area (Å²) < 4.78 is 6.49. The zero-order chi connectivity index (χ0) is 34.9. The van der Waals surface area contributed by atoms with Crippen molar-refractivity contribution in [2.45, 2.75) is 0 Å². The zero-order valence-corrected chi connectivity index (χ0v) is 28.5. The lowest BCUT2D eigenvalue weighted by molar-refractivity contribution is 0.669. The van der Waals surface area contributed by atoms with Crippen LogP contribution < -0.4 is 0 Å². The van der Waals surface area contributed by atoms with Crippen molar-refractivity contribution in [1.29, 1.82) is 0 Å². The highest BCUT2D eigenvalue weighted by Gasteiger charge is 2.23. The van der Waals surface area contributed by atoms with E-state index in [9.17, 15) is 0 Å². The Morgan fingerprint density at radius 1 is 0.302 bits per heavy atom. The van der Waals surface area contributed by atoms with E-state index in [1.54, 1.807) is 0 Å². The Labute approximate surface area is 305 Å². The number of rotatable bonds is 5. The van der Waals surface area contributed by atoms with Crippen LogP contribution in [-0.2, 0) is 0 Å². The fourth-order valence-electron chi connectivity index (χ4n) is 8.04. The van der Waals surface area contributed by atoms with Gasteiger partial charge in [0.05, 0.1) is 0 Å². The van der Waals surface area contributed by atoms with Crippen molar-refractivity contribution in [3.8, 4) is 78.7 Å². The maximum Gasteiger partial charge on any atom is 0.164 e. The Balaban J connectivity index is 1.10. The first-order valence-corrected chi connectivity index (χ1v) is 17.9. The summed E-state index contributed by atoms with van der Waals surface area (Å²) in [5.74, 6) is 1.83. The molecule has 0 spiro atoms. The summed E-state index contributed by atoms with van der Waals surface area (Å²) in [6, 6.07) is 61.5. The number of nitrogens with zero attached hydrogens (tertiary/aromatic N) is 3. The molecule has 246 valence electrons. The SMILES string of the molecule is c1ccc(-c2ccc3c(c2)oc2cccc(-c4nc(-c5ccccc5)nc(-c5ccccc5-c5ccc6c(c5)-c5cccc7cccc-6c57)n4)c23)cc1. The number of hydrogen-bond acceptors (Lipinski definition) is 4. The van der Waals surface area contributed by atoms with E-state index in [1.165, 1.54) is 33.0 Å². The van der Waals surface area contributed by atoms with E-state index in [-0.39, 0.29) is 0 Å². The molecule has 1 aliphatic carbocycles. The molecule has 10 aromatic rings. The summed E-state index contributed by atoms with van der Waals surface area (Å²) in [4.78, 5) is 15.5. The first-order chi connectivity index (χ1) is 26.3. The maximum atomic E-state index is 6.49. The molecule has 0 N–H and O–H groups in total. The number of aromatic nitrogens is 3. The molecular formula is C49H29N3O. The van der Waals surface area contributed by atoms with Crippen LogP contribution in [0.5, 0.6) is 0 Å². The summed E-state index contributed by atoms with van der Waals surface area (Å²) in [6.45, 7) is 0. The van der Waals surface area contributed by atoms with Crippen LogP contribution >= 0.6 is 0 Å². The number of fused-ring (bicyclic) bond motifs is 6. The lowest BCUT2D eigenvalue weighted by atomic mass is 9.94. The Morgan fingerprint density at radius 2 is 0.906 bits per heavy atom. The number of hydrogen-bond donors (Lipinski definition) is 0. The molecule has 0 saturated carbocycles. The quantitative estimate of drug-likeness (QED) is 0.182. The van der Waals surface area contributed by atoms with Crippen LogP contribution in [0.3, 0.4) is 0 Å². The molecule has 0 fully saturated rings. The molecule has 11 rings (SSSR count). The monoisotopic (exact) mass is 675 g/mol. The molecule has 8 aromatic carbocycles. The van der Waals surface area contributed by atoms with Crippen LogP contribution in [0, 0.1) is 0 Å². The van der Waals surface area contributed by atoms with E-state index in [4.69, 9.17) is 19.4 Å².